The van der Waals surface area contributed by atoms with Crippen LogP contribution >= 0.6 is 0 Å². The van der Waals surface area contributed by atoms with Gasteiger partial charge in [0.1, 0.15) is 5.75 Å². The molecule has 1 unspecified atom stereocenters. The van der Waals surface area contributed by atoms with Crippen molar-refractivity contribution in [3.05, 3.63) is 35.9 Å². The molecule has 0 radical (unpaired) electrons. The van der Waals surface area contributed by atoms with Crippen LogP contribution in [0, 0.1) is 0 Å². The lowest BCUT2D eigenvalue weighted by atomic mass is 10.2. The van der Waals surface area contributed by atoms with Crippen molar-refractivity contribution in [1.82, 2.24) is 0 Å². The smallest absolute Gasteiger partial charge is 0.328 e. The Morgan fingerprint density at radius 2 is 2.42 bits per heavy atom. The maximum absolute atomic E-state index is 10.4. The van der Waals surface area contributed by atoms with Crippen LogP contribution in [-0.2, 0) is 9.53 Å². The summed E-state index contributed by atoms with van der Waals surface area (Å²) in [6, 6.07) is 7.39. The third kappa shape index (κ3) is 4.75. The summed E-state index contributed by atoms with van der Waals surface area (Å²) < 4.78 is 11.2. The molecule has 0 saturated carbocycles. The van der Waals surface area contributed by atoms with Crippen LogP contribution < -0.4 is 4.74 Å². The minimum Gasteiger partial charge on any atom is -0.493 e. The van der Waals surface area contributed by atoms with Crippen molar-refractivity contribution in [2.75, 3.05) is 13.2 Å². The van der Waals surface area contributed by atoms with E-state index in [4.69, 9.17) is 14.6 Å². The van der Waals surface area contributed by atoms with Crippen molar-refractivity contribution in [2.24, 2.45) is 0 Å². The predicted molar refractivity (Wildman–Crippen MR) is 72.2 cm³/mol. The number of carboxylic acid groups (broad SMARTS) is 1. The van der Waals surface area contributed by atoms with Gasteiger partial charge in [-0.3, -0.25) is 0 Å². The highest BCUT2D eigenvalue weighted by Crippen LogP contribution is 2.18. The quantitative estimate of drug-likeness (QED) is 0.801. The minimum atomic E-state index is -0.954. The van der Waals surface area contributed by atoms with Gasteiger partial charge in [0, 0.05) is 19.1 Å². The molecule has 102 valence electrons. The van der Waals surface area contributed by atoms with E-state index in [9.17, 15) is 4.79 Å². The monoisotopic (exact) mass is 262 g/mol. The van der Waals surface area contributed by atoms with Crippen LogP contribution in [-0.4, -0.2) is 30.4 Å². The first-order valence-corrected chi connectivity index (χ1v) is 6.49. The molecule has 0 bridgehead atoms. The fraction of sp³-hybridized carbons (Fsp3) is 0.400. The normalized spacial score (nSPS) is 18.8. The lowest BCUT2D eigenvalue weighted by Crippen LogP contribution is -2.10. The molecular formula is C15H18O4. The molecule has 0 aliphatic carbocycles. The summed E-state index contributed by atoms with van der Waals surface area (Å²) in [5.41, 5.74) is 0.817. The molecule has 0 amide bonds. The van der Waals surface area contributed by atoms with Crippen LogP contribution in [0.3, 0.4) is 0 Å². The minimum absolute atomic E-state index is 0.329. The van der Waals surface area contributed by atoms with Crippen molar-refractivity contribution in [1.29, 1.82) is 0 Å². The van der Waals surface area contributed by atoms with Crippen molar-refractivity contribution in [3.8, 4) is 5.75 Å². The molecule has 1 aromatic carbocycles. The van der Waals surface area contributed by atoms with E-state index < -0.39 is 5.97 Å². The van der Waals surface area contributed by atoms with Gasteiger partial charge in [-0.25, -0.2) is 4.79 Å². The average Bonchev–Trinajstić information content (AvgIpc) is 2.90. The Balaban J connectivity index is 1.82. The molecule has 2 rings (SSSR count). The van der Waals surface area contributed by atoms with Gasteiger partial charge >= 0.3 is 5.97 Å². The fourth-order valence-corrected chi connectivity index (χ4v) is 2.06. The van der Waals surface area contributed by atoms with Crippen LogP contribution in [0.2, 0.25) is 0 Å². The number of rotatable bonds is 6. The number of carboxylic acids is 1. The van der Waals surface area contributed by atoms with Crippen LogP contribution in [0.15, 0.2) is 30.3 Å². The summed E-state index contributed by atoms with van der Waals surface area (Å²) in [5.74, 6) is -0.199. The van der Waals surface area contributed by atoms with Gasteiger partial charge in [0.25, 0.3) is 0 Å². The van der Waals surface area contributed by atoms with Crippen LogP contribution in [0.5, 0.6) is 5.75 Å². The molecule has 4 heteroatoms. The number of ether oxygens (including phenoxy) is 2. The molecule has 1 fully saturated rings. The number of hydrogen-bond acceptors (Lipinski definition) is 3. The van der Waals surface area contributed by atoms with Crippen molar-refractivity contribution < 1.29 is 19.4 Å². The molecule has 0 spiro atoms. The van der Waals surface area contributed by atoms with E-state index in [1.54, 1.807) is 6.08 Å². The van der Waals surface area contributed by atoms with Gasteiger partial charge in [-0.05, 0) is 36.6 Å². The van der Waals surface area contributed by atoms with E-state index in [0.29, 0.717) is 12.7 Å². The van der Waals surface area contributed by atoms with E-state index in [1.807, 2.05) is 24.3 Å². The molecule has 1 atom stereocenters. The maximum Gasteiger partial charge on any atom is 0.328 e. The number of aliphatic carboxylic acids is 1. The highest BCUT2D eigenvalue weighted by Gasteiger charge is 2.14. The molecular weight excluding hydrogens is 244 g/mol. The molecule has 1 aromatic rings. The first kappa shape index (κ1) is 13.6. The van der Waals surface area contributed by atoms with Crippen LogP contribution in [0.4, 0.5) is 0 Å². The van der Waals surface area contributed by atoms with Gasteiger partial charge in [-0.1, -0.05) is 12.1 Å². The van der Waals surface area contributed by atoms with E-state index in [1.165, 1.54) is 0 Å². The van der Waals surface area contributed by atoms with Gasteiger partial charge in [0.2, 0.25) is 0 Å². The third-order valence-corrected chi connectivity index (χ3v) is 3.01. The van der Waals surface area contributed by atoms with E-state index in [0.717, 1.165) is 43.3 Å². The Kier molecular flexibility index (Phi) is 4.98. The zero-order valence-corrected chi connectivity index (χ0v) is 10.7. The summed E-state index contributed by atoms with van der Waals surface area (Å²) in [6.07, 6.45) is 6.15. The number of hydrogen-bond donors (Lipinski definition) is 1. The highest BCUT2D eigenvalue weighted by molar-refractivity contribution is 5.85. The lowest BCUT2D eigenvalue weighted by Gasteiger charge is -2.10. The Morgan fingerprint density at radius 3 is 3.16 bits per heavy atom. The molecule has 1 saturated heterocycles. The van der Waals surface area contributed by atoms with Crippen LogP contribution in [0.25, 0.3) is 6.08 Å². The zero-order valence-electron chi connectivity index (χ0n) is 10.7. The largest absolute Gasteiger partial charge is 0.493 e. The Morgan fingerprint density at radius 1 is 1.53 bits per heavy atom. The summed E-state index contributed by atoms with van der Waals surface area (Å²) >= 11 is 0. The molecule has 1 N–H and O–H groups in total. The van der Waals surface area contributed by atoms with E-state index >= 15 is 0 Å². The number of carbonyl (C=O) groups is 1. The predicted octanol–water partition coefficient (Wildman–Crippen LogP) is 2.73. The zero-order chi connectivity index (χ0) is 13.5. The second-order valence-electron chi connectivity index (χ2n) is 4.52. The third-order valence-electron chi connectivity index (χ3n) is 3.01. The number of benzene rings is 1. The maximum atomic E-state index is 10.4. The first-order valence-electron chi connectivity index (χ1n) is 6.49. The van der Waals surface area contributed by atoms with Gasteiger partial charge in [-0.15, -0.1) is 0 Å². The highest BCUT2D eigenvalue weighted by atomic mass is 16.5. The molecule has 1 heterocycles. The first-order chi connectivity index (χ1) is 9.24. The molecule has 1 aliphatic rings. The van der Waals surface area contributed by atoms with E-state index in [-0.39, 0.29) is 0 Å². The second-order valence-corrected chi connectivity index (χ2v) is 4.52. The summed E-state index contributed by atoms with van der Waals surface area (Å²) in [4.78, 5) is 10.4. The molecule has 4 nitrogen and oxygen atoms in total. The van der Waals surface area contributed by atoms with Gasteiger partial charge in [-0.2, -0.15) is 0 Å². The summed E-state index contributed by atoms with van der Waals surface area (Å²) in [7, 11) is 0. The van der Waals surface area contributed by atoms with Crippen molar-refractivity contribution >= 4 is 12.0 Å². The molecule has 19 heavy (non-hydrogen) atoms. The Hall–Kier alpha value is -1.81. The summed E-state index contributed by atoms with van der Waals surface area (Å²) in [5, 5.41) is 8.57. The lowest BCUT2D eigenvalue weighted by molar-refractivity contribution is -0.131. The Bertz CT molecular complexity index is 447. The Labute approximate surface area is 112 Å². The molecule has 0 aromatic heterocycles. The van der Waals surface area contributed by atoms with E-state index in [2.05, 4.69) is 0 Å². The summed E-state index contributed by atoms with van der Waals surface area (Å²) in [6.45, 7) is 1.48. The topological polar surface area (TPSA) is 55.8 Å². The van der Waals surface area contributed by atoms with Gasteiger partial charge in [0.05, 0.1) is 12.7 Å². The average molecular weight is 262 g/mol. The SMILES string of the molecule is O=C(O)C=Cc1cccc(OCCC2CCCO2)c1. The molecule has 1 aliphatic heterocycles. The van der Waals surface area contributed by atoms with Gasteiger partial charge < -0.3 is 14.6 Å². The fourth-order valence-electron chi connectivity index (χ4n) is 2.06. The van der Waals surface area contributed by atoms with Crippen molar-refractivity contribution in [2.45, 2.75) is 25.4 Å². The second kappa shape index (κ2) is 6.95. The van der Waals surface area contributed by atoms with Crippen LogP contribution in [0.1, 0.15) is 24.8 Å². The van der Waals surface area contributed by atoms with Crippen molar-refractivity contribution in [3.63, 3.8) is 0 Å². The standard InChI is InChI=1S/C15H18O4/c16-15(17)7-6-12-3-1-4-14(11-12)19-10-8-13-5-2-9-18-13/h1,3-4,6-7,11,13H,2,5,8-10H2,(H,16,17). The van der Waals surface area contributed by atoms with Gasteiger partial charge in [0.15, 0.2) is 0 Å².